The minimum Gasteiger partial charge on any atom is -0.444 e. The van der Waals surface area contributed by atoms with E-state index in [9.17, 15) is 19.9 Å². The van der Waals surface area contributed by atoms with Crippen molar-refractivity contribution in [3.8, 4) is 0 Å². The van der Waals surface area contributed by atoms with Gasteiger partial charge in [-0.25, -0.2) is 9.59 Å². The predicted molar refractivity (Wildman–Crippen MR) is 120 cm³/mol. The Balaban J connectivity index is 1.44. The topological polar surface area (TPSA) is 145 Å². The van der Waals surface area contributed by atoms with Crippen LogP contribution in [0, 0.1) is 0 Å². The van der Waals surface area contributed by atoms with Crippen molar-refractivity contribution in [1.82, 2.24) is 30.0 Å². The molecule has 0 aliphatic carbocycles. The summed E-state index contributed by atoms with van der Waals surface area (Å²) in [6.07, 6.45) is -0.786. The molecule has 1 aromatic rings. The normalized spacial score (nSPS) is 27.5. The van der Waals surface area contributed by atoms with E-state index in [1.54, 1.807) is 46.4 Å². The predicted octanol–water partition coefficient (Wildman–Crippen LogP) is 1.91. The van der Waals surface area contributed by atoms with Gasteiger partial charge in [-0.15, -0.1) is 15.3 Å². The first-order valence-corrected chi connectivity index (χ1v) is 11.9. The Bertz CT molecular complexity index is 935. The molecule has 13 nitrogen and oxygen atoms in total. The summed E-state index contributed by atoms with van der Waals surface area (Å²) in [5, 5.41) is 29.5. The van der Waals surface area contributed by atoms with Gasteiger partial charge < -0.3 is 29.1 Å². The molecular weight excluding hydrogens is 460 g/mol. The number of aliphatic hydroxyl groups excluding tert-OH is 1. The highest BCUT2D eigenvalue weighted by molar-refractivity contribution is 5.72. The van der Waals surface area contributed by atoms with E-state index >= 15 is 0 Å². The molecule has 2 amide bonds. The molecule has 2 N–H and O–H groups in total. The summed E-state index contributed by atoms with van der Waals surface area (Å²) in [7, 11) is 0. The smallest absolute Gasteiger partial charge is 0.411 e. The number of aromatic nitrogens is 2. The Labute approximate surface area is 204 Å². The zero-order valence-corrected chi connectivity index (χ0v) is 21.2. The summed E-state index contributed by atoms with van der Waals surface area (Å²) >= 11 is 0. The minimum absolute atomic E-state index is 0.0127. The number of likely N-dealkylation sites (tertiary alicyclic amines) is 1. The Hall–Kier alpha value is -2.48. The highest BCUT2D eigenvalue weighted by Gasteiger charge is 2.47. The lowest BCUT2D eigenvalue weighted by molar-refractivity contribution is -0.222. The number of ether oxygens (including phenoxy) is 2. The monoisotopic (exact) mass is 496 g/mol. The van der Waals surface area contributed by atoms with Crippen molar-refractivity contribution < 1.29 is 33.8 Å². The van der Waals surface area contributed by atoms with Crippen LogP contribution < -0.4 is 0 Å². The van der Waals surface area contributed by atoms with Crippen molar-refractivity contribution in [2.45, 2.75) is 96.6 Å². The summed E-state index contributed by atoms with van der Waals surface area (Å²) < 4.78 is 16.9. The first-order valence-electron chi connectivity index (χ1n) is 11.9. The second-order valence-electron chi connectivity index (χ2n) is 11.4. The van der Waals surface area contributed by atoms with Crippen LogP contribution in [0.2, 0.25) is 0 Å². The van der Waals surface area contributed by atoms with Crippen LogP contribution in [-0.4, -0.2) is 102 Å². The lowest BCUT2D eigenvalue weighted by Gasteiger charge is -2.44. The Kier molecular flexibility index (Phi) is 6.72. The largest absolute Gasteiger partial charge is 0.444 e. The van der Waals surface area contributed by atoms with Gasteiger partial charge in [0.2, 0.25) is 11.8 Å². The van der Waals surface area contributed by atoms with Gasteiger partial charge in [0.25, 0.3) is 0 Å². The van der Waals surface area contributed by atoms with E-state index < -0.39 is 29.7 Å². The van der Waals surface area contributed by atoms with Crippen LogP contribution in [0.15, 0.2) is 4.42 Å². The number of piperidine rings is 1. The van der Waals surface area contributed by atoms with Crippen LogP contribution in [-0.2, 0) is 16.0 Å². The van der Waals surface area contributed by atoms with Crippen molar-refractivity contribution >= 4 is 12.2 Å². The number of nitrogens with zero attached hydrogens (tertiary/aromatic N) is 6. The molecule has 0 spiro atoms. The number of carbonyl (C=O) groups is 2. The molecule has 35 heavy (non-hydrogen) atoms. The zero-order chi connectivity index (χ0) is 25.7. The number of hydrogen-bond donors (Lipinski definition) is 2. The van der Waals surface area contributed by atoms with Crippen molar-refractivity contribution in [3.05, 3.63) is 11.8 Å². The quantitative estimate of drug-likeness (QED) is 0.630. The highest BCUT2D eigenvalue weighted by atomic mass is 16.6. The van der Waals surface area contributed by atoms with Gasteiger partial charge in [-0.05, 0) is 54.4 Å². The Morgan fingerprint density at radius 1 is 1.06 bits per heavy atom. The van der Waals surface area contributed by atoms with Gasteiger partial charge in [-0.3, -0.25) is 9.80 Å². The van der Waals surface area contributed by atoms with Crippen LogP contribution in [0.3, 0.4) is 0 Å². The standard InChI is InChI=1S/C22H36N6O7/c1-21(2,3)34-19(30)25-9-14(10-25)26(20(31)35-22(4,5)6)12-16-23-24-17(33-16)15-8-7-13-11-27(15)18(29)28(13)32/h13-15,18,29,32H,7-12H2,1-6H3. The number of hydrogen-bond acceptors (Lipinski definition) is 11. The van der Waals surface area contributed by atoms with Gasteiger partial charge in [0.1, 0.15) is 17.7 Å². The molecule has 0 radical (unpaired) electrons. The van der Waals surface area contributed by atoms with Crippen molar-refractivity contribution in [1.29, 1.82) is 0 Å². The summed E-state index contributed by atoms with van der Waals surface area (Å²) in [6, 6.07) is -0.759. The number of carbonyl (C=O) groups excluding carboxylic acids is 2. The fraction of sp³-hybridized carbons (Fsp3) is 0.818. The average Bonchev–Trinajstić information content (AvgIpc) is 3.23. The van der Waals surface area contributed by atoms with E-state index in [0.29, 0.717) is 38.4 Å². The Morgan fingerprint density at radius 3 is 2.34 bits per heavy atom. The number of fused-ring (bicyclic) bond motifs is 2. The van der Waals surface area contributed by atoms with E-state index in [1.807, 2.05) is 0 Å². The summed E-state index contributed by atoms with van der Waals surface area (Å²) in [4.78, 5) is 30.1. The summed E-state index contributed by atoms with van der Waals surface area (Å²) in [5.74, 6) is 0.541. The van der Waals surface area contributed by atoms with Gasteiger partial charge in [0.05, 0.1) is 18.1 Å². The second-order valence-corrected chi connectivity index (χ2v) is 11.4. The number of rotatable bonds is 4. The first-order chi connectivity index (χ1) is 16.2. The minimum atomic E-state index is -1.13. The van der Waals surface area contributed by atoms with E-state index in [0.717, 1.165) is 5.06 Å². The van der Waals surface area contributed by atoms with Crippen LogP contribution in [0.5, 0.6) is 0 Å². The molecule has 4 heterocycles. The van der Waals surface area contributed by atoms with E-state index in [4.69, 9.17) is 13.9 Å². The molecule has 0 saturated carbocycles. The molecule has 3 aliphatic rings. The third-order valence-electron chi connectivity index (χ3n) is 6.16. The molecule has 196 valence electrons. The first kappa shape index (κ1) is 25.6. The fourth-order valence-electron chi connectivity index (χ4n) is 4.46. The molecule has 1 aromatic heterocycles. The van der Waals surface area contributed by atoms with E-state index in [-0.39, 0.29) is 30.6 Å². The molecule has 4 rings (SSSR count). The van der Waals surface area contributed by atoms with Crippen LogP contribution >= 0.6 is 0 Å². The van der Waals surface area contributed by atoms with Crippen molar-refractivity contribution in [3.63, 3.8) is 0 Å². The van der Waals surface area contributed by atoms with E-state index in [1.165, 1.54) is 9.80 Å². The zero-order valence-electron chi connectivity index (χ0n) is 21.2. The highest BCUT2D eigenvalue weighted by Crippen LogP contribution is 2.38. The van der Waals surface area contributed by atoms with Gasteiger partial charge in [0, 0.05) is 19.6 Å². The number of hydroxylamine groups is 2. The molecule has 4 unspecified atom stereocenters. The third-order valence-corrected chi connectivity index (χ3v) is 6.16. The lowest BCUT2D eigenvalue weighted by atomic mass is 10.0. The number of aliphatic hydroxyl groups is 1. The maximum absolute atomic E-state index is 13.0. The molecule has 3 fully saturated rings. The number of amides is 2. The van der Waals surface area contributed by atoms with Gasteiger partial charge in [-0.1, -0.05) is 0 Å². The average molecular weight is 497 g/mol. The van der Waals surface area contributed by atoms with Crippen molar-refractivity contribution in [2.75, 3.05) is 19.6 Å². The molecule has 3 saturated heterocycles. The molecule has 2 bridgehead atoms. The van der Waals surface area contributed by atoms with Gasteiger partial charge in [-0.2, -0.15) is 0 Å². The SMILES string of the molecule is CC(C)(C)OC(=O)N1CC(N(Cc2nnc(C3CCC4CN3C(O)N4O)o2)C(=O)OC(C)(C)C)C1. The van der Waals surface area contributed by atoms with E-state index in [2.05, 4.69) is 10.2 Å². The molecule has 13 heteroatoms. The molecule has 3 aliphatic heterocycles. The summed E-state index contributed by atoms with van der Waals surface area (Å²) in [5.41, 5.74) is -1.31. The van der Waals surface area contributed by atoms with Crippen LogP contribution in [0.1, 0.15) is 72.2 Å². The van der Waals surface area contributed by atoms with Crippen LogP contribution in [0.25, 0.3) is 0 Å². The maximum atomic E-state index is 13.0. The van der Waals surface area contributed by atoms with Gasteiger partial charge >= 0.3 is 12.2 Å². The lowest BCUT2D eigenvalue weighted by Crippen LogP contribution is -2.63. The van der Waals surface area contributed by atoms with Crippen LogP contribution in [0.4, 0.5) is 9.59 Å². The van der Waals surface area contributed by atoms with Gasteiger partial charge in [0.15, 0.2) is 6.35 Å². The maximum Gasteiger partial charge on any atom is 0.411 e. The summed E-state index contributed by atoms with van der Waals surface area (Å²) in [6.45, 7) is 11.8. The second kappa shape index (κ2) is 9.19. The molecule has 4 atom stereocenters. The van der Waals surface area contributed by atoms with Crippen molar-refractivity contribution in [2.24, 2.45) is 0 Å². The third kappa shape index (κ3) is 5.68. The molecular formula is C22H36N6O7. The molecule has 0 aromatic carbocycles. The fourth-order valence-corrected chi connectivity index (χ4v) is 4.46. The Morgan fingerprint density at radius 2 is 1.71 bits per heavy atom.